The van der Waals surface area contributed by atoms with Crippen molar-refractivity contribution in [3.05, 3.63) is 66.7 Å². The molecule has 0 aliphatic heterocycles. The van der Waals surface area contributed by atoms with Crippen LogP contribution in [0, 0.1) is 20.2 Å². The quantitative estimate of drug-likeness (QED) is 0.530. The fraction of sp³-hybridized carbons (Fsp3) is 0. The minimum atomic E-state index is -1.11. The van der Waals surface area contributed by atoms with E-state index in [9.17, 15) is 40.0 Å². The number of phenols is 2. The van der Waals surface area contributed by atoms with Gasteiger partial charge in [-0.3, -0.25) is 29.8 Å². The molecule has 120 valence electrons. The van der Waals surface area contributed by atoms with Gasteiger partial charge in [0.1, 0.15) is 11.3 Å². The molecule has 0 spiro atoms. The third-order valence-electron chi connectivity index (χ3n) is 3.60. The zero-order valence-electron chi connectivity index (χ0n) is 11.5. The number of nitrogens with zero attached hydrogens (tertiary/aromatic N) is 2. The zero-order chi connectivity index (χ0) is 17.8. The van der Waals surface area contributed by atoms with E-state index in [1.54, 1.807) is 0 Å². The summed E-state index contributed by atoms with van der Waals surface area (Å²) < 4.78 is 0. The van der Waals surface area contributed by atoms with Crippen LogP contribution in [0.5, 0.6) is 11.5 Å². The molecule has 0 atom stereocenters. The number of phenolic OH excluding ortho intramolecular Hbond substituents is 2. The molecule has 24 heavy (non-hydrogen) atoms. The molecule has 1 aliphatic rings. The van der Waals surface area contributed by atoms with E-state index in [1.807, 2.05) is 0 Å². The molecule has 0 amide bonds. The Morgan fingerprint density at radius 1 is 0.792 bits per heavy atom. The monoisotopic (exact) mass is 330 g/mol. The van der Waals surface area contributed by atoms with Gasteiger partial charge in [0.25, 0.3) is 5.69 Å². The lowest BCUT2D eigenvalue weighted by atomic mass is 9.82. The van der Waals surface area contributed by atoms with Crippen molar-refractivity contribution in [2.24, 2.45) is 0 Å². The fourth-order valence-corrected chi connectivity index (χ4v) is 2.57. The average molecular weight is 330 g/mol. The van der Waals surface area contributed by atoms with Gasteiger partial charge in [0.05, 0.1) is 21.5 Å². The van der Waals surface area contributed by atoms with Crippen LogP contribution in [-0.4, -0.2) is 31.6 Å². The van der Waals surface area contributed by atoms with Gasteiger partial charge in [-0.15, -0.1) is 0 Å². The summed E-state index contributed by atoms with van der Waals surface area (Å²) in [6.45, 7) is 0. The molecule has 0 unspecified atom stereocenters. The van der Waals surface area contributed by atoms with E-state index in [0.717, 1.165) is 18.2 Å². The van der Waals surface area contributed by atoms with Crippen molar-refractivity contribution in [1.82, 2.24) is 0 Å². The fourth-order valence-electron chi connectivity index (χ4n) is 2.57. The first-order valence-corrected chi connectivity index (χ1v) is 6.35. The van der Waals surface area contributed by atoms with Crippen molar-refractivity contribution in [3.63, 3.8) is 0 Å². The molecule has 10 heteroatoms. The van der Waals surface area contributed by atoms with Crippen LogP contribution in [0.4, 0.5) is 11.4 Å². The van der Waals surface area contributed by atoms with E-state index in [1.165, 1.54) is 0 Å². The number of hydrogen-bond acceptors (Lipinski definition) is 8. The van der Waals surface area contributed by atoms with E-state index >= 15 is 0 Å². The highest BCUT2D eigenvalue weighted by Gasteiger charge is 2.41. The normalized spacial score (nSPS) is 12.5. The number of nitro groups is 2. The van der Waals surface area contributed by atoms with Gasteiger partial charge in [-0.25, -0.2) is 0 Å². The van der Waals surface area contributed by atoms with Gasteiger partial charge in [0.15, 0.2) is 5.78 Å². The Balaban J connectivity index is 2.45. The standard InChI is InChI=1S/C14H6N2O8/c17-5-1-2-6-7(3-5)13(19)10-8(15(21)22)4-9(16(23)24)14(20)11(10)12(6)18/h1-4,17,20H. The SMILES string of the molecule is O=C1c2cc(O)ccc2C(=O)c2c(O)c([N+](=O)[O-])cc([N+](=O)[O-])c21. The molecule has 0 radical (unpaired) electrons. The maximum atomic E-state index is 12.5. The molecule has 1 aliphatic carbocycles. The van der Waals surface area contributed by atoms with E-state index in [-0.39, 0.29) is 16.9 Å². The molecule has 0 fully saturated rings. The smallest absolute Gasteiger partial charge is 0.318 e. The predicted molar refractivity (Wildman–Crippen MR) is 76.4 cm³/mol. The van der Waals surface area contributed by atoms with Crippen molar-refractivity contribution in [2.75, 3.05) is 0 Å². The highest BCUT2D eigenvalue weighted by molar-refractivity contribution is 6.31. The maximum Gasteiger partial charge on any atom is 0.318 e. The minimum absolute atomic E-state index is 0.226. The number of carbonyl (C=O) groups excluding carboxylic acids is 2. The Morgan fingerprint density at radius 3 is 1.96 bits per heavy atom. The number of benzene rings is 2. The lowest BCUT2D eigenvalue weighted by Crippen LogP contribution is -2.22. The molecule has 2 N–H and O–H groups in total. The topological polar surface area (TPSA) is 161 Å². The molecular weight excluding hydrogens is 324 g/mol. The van der Waals surface area contributed by atoms with E-state index in [2.05, 4.69) is 0 Å². The summed E-state index contributed by atoms with van der Waals surface area (Å²) >= 11 is 0. The summed E-state index contributed by atoms with van der Waals surface area (Å²) in [6, 6.07) is 3.59. The first-order valence-electron chi connectivity index (χ1n) is 6.35. The molecule has 0 saturated heterocycles. The average Bonchev–Trinajstić information content (AvgIpc) is 2.51. The van der Waals surface area contributed by atoms with Crippen LogP contribution in [0.1, 0.15) is 31.8 Å². The van der Waals surface area contributed by atoms with Crippen molar-refractivity contribution in [3.8, 4) is 11.5 Å². The summed E-state index contributed by atoms with van der Waals surface area (Å²) in [5.41, 5.74) is -4.07. The maximum absolute atomic E-state index is 12.5. The number of fused-ring (bicyclic) bond motifs is 2. The highest BCUT2D eigenvalue weighted by Crippen LogP contribution is 2.43. The first kappa shape index (κ1) is 15.1. The Morgan fingerprint density at radius 2 is 1.38 bits per heavy atom. The second-order valence-corrected chi connectivity index (χ2v) is 4.92. The van der Waals surface area contributed by atoms with Crippen LogP contribution in [-0.2, 0) is 0 Å². The Bertz CT molecular complexity index is 979. The summed E-state index contributed by atoms with van der Waals surface area (Å²) in [7, 11) is 0. The molecule has 10 nitrogen and oxygen atoms in total. The van der Waals surface area contributed by atoms with E-state index in [4.69, 9.17) is 0 Å². The molecule has 0 aromatic heterocycles. The molecule has 2 aromatic rings. The number of carbonyl (C=O) groups is 2. The van der Waals surface area contributed by atoms with Gasteiger partial charge in [-0.2, -0.15) is 0 Å². The largest absolute Gasteiger partial charge is 0.508 e. The van der Waals surface area contributed by atoms with Crippen molar-refractivity contribution >= 4 is 22.9 Å². The van der Waals surface area contributed by atoms with Crippen LogP contribution < -0.4 is 0 Å². The van der Waals surface area contributed by atoms with Gasteiger partial charge < -0.3 is 10.2 Å². The third kappa shape index (κ3) is 1.90. The van der Waals surface area contributed by atoms with Crippen LogP contribution in [0.3, 0.4) is 0 Å². The zero-order valence-corrected chi connectivity index (χ0v) is 11.5. The molecule has 0 heterocycles. The van der Waals surface area contributed by atoms with Crippen LogP contribution in [0.2, 0.25) is 0 Å². The summed E-state index contributed by atoms with van der Waals surface area (Å²) in [6.07, 6.45) is 0. The molecule has 3 rings (SSSR count). The number of nitro benzene ring substituents is 2. The lowest BCUT2D eigenvalue weighted by molar-refractivity contribution is -0.394. The highest BCUT2D eigenvalue weighted by atomic mass is 16.6. The summed E-state index contributed by atoms with van der Waals surface area (Å²) in [4.78, 5) is 45.0. The summed E-state index contributed by atoms with van der Waals surface area (Å²) in [5.74, 6) is -3.43. The number of aromatic hydroxyl groups is 2. The van der Waals surface area contributed by atoms with Gasteiger partial charge in [-0.1, -0.05) is 0 Å². The minimum Gasteiger partial charge on any atom is -0.508 e. The number of rotatable bonds is 2. The van der Waals surface area contributed by atoms with E-state index in [0.29, 0.717) is 6.07 Å². The second kappa shape index (κ2) is 4.84. The number of hydrogen-bond donors (Lipinski definition) is 2. The molecular formula is C14H6N2O8. The van der Waals surface area contributed by atoms with E-state index < -0.39 is 49.7 Å². The third-order valence-corrected chi connectivity index (χ3v) is 3.60. The van der Waals surface area contributed by atoms with Crippen molar-refractivity contribution in [2.45, 2.75) is 0 Å². The Labute approximate surface area is 131 Å². The van der Waals surface area contributed by atoms with Crippen molar-refractivity contribution in [1.29, 1.82) is 0 Å². The van der Waals surface area contributed by atoms with Crippen molar-refractivity contribution < 1.29 is 29.6 Å². The summed E-state index contributed by atoms with van der Waals surface area (Å²) in [5, 5.41) is 41.6. The molecule has 0 saturated carbocycles. The first-order chi connectivity index (χ1) is 11.2. The lowest BCUT2D eigenvalue weighted by Gasteiger charge is -2.18. The van der Waals surface area contributed by atoms with Crippen LogP contribution >= 0.6 is 0 Å². The Kier molecular flexibility index (Phi) is 3.04. The van der Waals surface area contributed by atoms with Crippen LogP contribution in [0.15, 0.2) is 24.3 Å². The van der Waals surface area contributed by atoms with Gasteiger partial charge in [0.2, 0.25) is 11.5 Å². The van der Waals surface area contributed by atoms with Gasteiger partial charge in [0, 0.05) is 11.1 Å². The Hall–Kier alpha value is -3.82. The molecule has 0 bridgehead atoms. The predicted octanol–water partition coefficient (Wildman–Crippen LogP) is 1.69. The van der Waals surface area contributed by atoms with Crippen LogP contribution in [0.25, 0.3) is 0 Å². The van der Waals surface area contributed by atoms with Gasteiger partial charge >= 0.3 is 5.69 Å². The second-order valence-electron chi connectivity index (χ2n) is 4.92. The number of ketones is 2. The molecule has 2 aromatic carbocycles. The van der Waals surface area contributed by atoms with Gasteiger partial charge in [-0.05, 0) is 18.2 Å².